The summed E-state index contributed by atoms with van der Waals surface area (Å²) in [6, 6.07) is 9.76. The van der Waals surface area contributed by atoms with Gasteiger partial charge in [0.05, 0.1) is 37.6 Å². The van der Waals surface area contributed by atoms with Crippen LogP contribution in [0, 0.1) is 0 Å². The van der Waals surface area contributed by atoms with Crippen molar-refractivity contribution in [3.8, 4) is 17.0 Å². The van der Waals surface area contributed by atoms with Crippen LogP contribution in [0.2, 0.25) is 5.02 Å². The summed E-state index contributed by atoms with van der Waals surface area (Å²) in [5, 5.41) is 10.4. The summed E-state index contributed by atoms with van der Waals surface area (Å²) in [5.41, 5.74) is 4.22. The fourth-order valence-electron chi connectivity index (χ4n) is 5.04. The fraction of sp³-hybridized carbons (Fsp3) is 0.370. The molecule has 0 aliphatic carbocycles. The molecule has 1 N–H and O–H groups in total. The number of benzene rings is 1. The lowest BCUT2D eigenvalue weighted by Gasteiger charge is -2.37. The van der Waals surface area contributed by atoms with Crippen LogP contribution in [0.15, 0.2) is 48.9 Å². The number of hydrogen-bond donors (Lipinski definition) is 1. The molecule has 2 fully saturated rings. The van der Waals surface area contributed by atoms with Crippen molar-refractivity contribution >= 4 is 34.7 Å². The molecule has 1 aromatic carbocycles. The van der Waals surface area contributed by atoms with Crippen LogP contribution in [0.25, 0.3) is 16.9 Å². The first-order valence-electron chi connectivity index (χ1n) is 12.7. The zero-order valence-electron chi connectivity index (χ0n) is 21.3. The Morgan fingerprint density at radius 3 is 2.53 bits per heavy atom. The highest BCUT2D eigenvalue weighted by atomic mass is 35.5. The molecule has 0 radical (unpaired) electrons. The van der Waals surface area contributed by atoms with E-state index in [0.29, 0.717) is 29.5 Å². The van der Waals surface area contributed by atoms with Gasteiger partial charge in [-0.05, 0) is 29.8 Å². The van der Waals surface area contributed by atoms with Crippen molar-refractivity contribution in [2.75, 3.05) is 74.3 Å². The molecule has 2 aliphatic rings. The second kappa shape index (κ2) is 10.6. The quantitative estimate of drug-likeness (QED) is 0.400. The van der Waals surface area contributed by atoms with Gasteiger partial charge in [0.25, 0.3) is 0 Å². The number of anilines is 3. The SMILES string of the molecule is COc1cc(CO)c(-c2cn3ccc(N4CCN(c5ccnc(N6CCOCC6)n5)CC4)cc3n2)cc1Cl. The van der Waals surface area contributed by atoms with Crippen LogP contribution in [-0.2, 0) is 11.3 Å². The number of pyridine rings is 1. The van der Waals surface area contributed by atoms with Crippen molar-refractivity contribution < 1.29 is 14.6 Å². The van der Waals surface area contributed by atoms with Gasteiger partial charge in [-0.3, -0.25) is 0 Å². The van der Waals surface area contributed by atoms with E-state index in [2.05, 4.69) is 31.8 Å². The standard InChI is InChI=1S/C27H30ClN7O3/c1-37-24-14-19(18-36)21(16-22(24)28)23-17-35-5-3-20(15-26(35)30-23)32-6-8-33(9-7-32)25-2-4-29-27(31-25)34-10-12-38-13-11-34/h2-5,14-17,36H,6-13,18H2,1H3. The van der Waals surface area contributed by atoms with Crippen LogP contribution in [0.1, 0.15) is 5.56 Å². The van der Waals surface area contributed by atoms with E-state index < -0.39 is 0 Å². The Balaban J connectivity index is 1.17. The summed E-state index contributed by atoms with van der Waals surface area (Å²) in [6.45, 7) is 6.43. The molecule has 0 spiro atoms. The largest absolute Gasteiger partial charge is 0.495 e. The third-order valence-electron chi connectivity index (χ3n) is 7.16. The third-order valence-corrected chi connectivity index (χ3v) is 7.45. The molecule has 5 heterocycles. The first kappa shape index (κ1) is 24.7. The van der Waals surface area contributed by atoms with E-state index >= 15 is 0 Å². The molecule has 198 valence electrons. The van der Waals surface area contributed by atoms with Gasteiger partial charge in [0.15, 0.2) is 0 Å². The molecule has 6 rings (SSSR count). The second-order valence-corrected chi connectivity index (χ2v) is 9.77. The average molecular weight is 536 g/mol. The van der Waals surface area contributed by atoms with Gasteiger partial charge in [0, 0.05) is 75.2 Å². The van der Waals surface area contributed by atoms with E-state index in [4.69, 9.17) is 31.0 Å². The lowest BCUT2D eigenvalue weighted by Crippen LogP contribution is -2.47. The van der Waals surface area contributed by atoms with Crippen molar-refractivity contribution in [2.45, 2.75) is 6.61 Å². The monoisotopic (exact) mass is 535 g/mol. The third kappa shape index (κ3) is 4.82. The highest BCUT2D eigenvalue weighted by molar-refractivity contribution is 6.32. The summed E-state index contributed by atoms with van der Waals surface area (Å²) < 4.78 is 12.7. The normalized spacial score (nSPS) is 16.3. The highest BCUT2D eigenvalue weighted by Crippen LogP contribution is 2.34. The predicted octanol–water partition coefficient (Wildman–Crippen LogP) is 3.11. The van der Waals surface area contributed by atoms with E-state index in [0.717, 1.165) is 73.6 Å². The molecule has 3 aromatic heterocycles. The molecule has 2 aliphatic heterocycles. The molecule has 0 bridgehead atoms. The first-order valence-corrected chi connectivity index (χ1v) is 13.1. The van der Waals surface area contributed by atoms with Crippen molar-refractivity contribution in [2.24, 2.45) is 0 Å². The minimum atomic E-state index is -0.132. The van der Waals surface area contributed by atoms with Gasteiger partial charge in [-0.25, -0.2) is 9.97 Å². The average Bonchev–Trinajstić information content (AvgIpc) is 3.41. The maximum Gasteiger partial charge on any atom is 0.227 e. The van der Waals surface area contributed by atoms with Crippen molar-refractivity contribution in [1.29, 1.82) is 0 Å². The van der Waals surface area contributed by atoms with E-state index in [1.807, 2.05) is 29.1 Å². The number of aliphatic hydroxyl groups excluding tert-OH is 1. The molecule has 10 nitrogen and oxygen atoms in total. The zero-order chi connectivity index (χ0) is 26.1. The predicted molar refractivity (Wildman–Crippen MR) is 148 cm³/mol. The molecule has 0 unspecified atom stereocenters. The van der Waals surface area contributed by atoms with Gasteiger partial charge in [-0.2, -0.15) is 4.98 Å². The fourth-order valence-corrected chi connectivity index (χ4v) is 5.28. The van der Waals surface area contributed by atoms with Crippen LogP contribution in [0.5, 0.6) is 5.75 Å². The first-order chi connectivity index (χ1) is 18.6. The van der Waals surface area contributed by atoms with E-state index in [1.165, 1.54) is 0 Å². The summed E-state index contributed by atoms with van der Waals surface area (Å²) in [5.74, 6) is 2.27. The summed E-state index contributed by atoms with van der Waals surface area (Å²) in [7, 11) is 1.56. The minimum absolute atomic E-state index is 0.132. The summed E-state index contributed by atoms with van der Waals surface area (Å²) in [6.07, 6.45) is 5.83. The van der Waals surface area contributed by atoms with Crippen LogP contribution < -0.4 is 19.4 Å². The number of morpholine rings is 1. The van der Waals surface area contributed by atoms with E-state index in [1.54, 1.807) is 19.2 Å². The topological polar surface area (TPSA) is 91.5 Å². The number of aromatic nitrogens is 4. The highest BCUT2D eigenvalue weighted by Gasteiger charge is 2.21. The Kier molecular flexibility index (Phi) is 6.92. The second-order valence-electron chi connectivity index (χ2n) is 9.37. The van der Waals surface area contributed by atoms with Gasteiger partial charge < -0.3 is 33.7 Å². The smallest absolute Gasteiger partial charge is 0.227 e. The number of ether oxygens (including phenoxy) is 2. The molecule has 11 heteroatoms. The molecule has 4 aromatic rings. The van der Waals surface area contributed by atoms with Crippen LogP contribution >= 0.6 is 11.6 Å². The van der Waals surface area contributed by atoms with Gasteiger partial charge >= 0.3 is 0 Å². The maximum absolute atomic E-state index is 9.91. The molecule has 2 saturated heterocycles. The molecule has 0 amide bonds. The molecule has 0 atom stereocenters. The van der Waals surface area contributed by atoms with Gasteiger partial charge in [-0.15, -0.1) is 0 Å². The van der Waals surface area contributed by atoms with Crippen LogP contribution in [-0.4, -0.2) is 84.1 Å². The number of fused-ring (bicyclic) bond motifs is 1. The van der Waals surface area contributed by atoms with Crippen molar-refractivity contribution in [3.05, 3.63) is 59.5 Å². The molecular formula is C27H30ClN7O3. The lowest BCUT2D eigenvalue weighted by atomic mass is 10.1. The Hall–Kier alpha value is -3.60. The Labute approximate surface area is 226 Å². The van der Waals surface area contributed by atoms with E-state index in [9.17, 15) is 5.11 Å². The number of hydrogen-bond acceptors (Lipinski definition) is 9. The zero-order valence-corrected chi connectivity index (χ0v) is 22.0. The van der Waals surface area contributed by atoms with Crippen LogP contribution in [0.3, 0.4) is 0 Å². The molecule has 0 saturated carbocycles. The molecule has 38 heavy (non-hydrogen) atoms. The van der Waals surface area contributed by atoms with Crippen molar-refractivity contribution in [3.63, 3.8) is 0 Å². The van der Waals surface area contributed by atoms with Crippen molar-refractivity contribution in [1.82, 2.24) is 19.4 Å². The van der Waals surface area contributed by atoms with Gasteiger partial charge in [-0.1, -0.05) is 11.6 Å². The maximum atomic E-state index is 9.91. The lowest BCUT2D eigenvalue weighted by molar-refractivity contribution is 0.122. The Bertz CT molecular complexity index is 1430. The number of aliphatic hydroxyl groups is 1. The summed E-state index contributed by atoms with van der Waals surface area (Å²) in [4.78, 5) is 21.0. The Morgan fingerprint density at radius 1 is 0.974 bits per heavy atom. The summed E-state index contributed by atoms with van der Waals surface area (Å²) >= 11 is 6.37. The van der Waals surface area contributed by atoms with E-state index in [-0.39, 0.29) is 6.61 Å². The number of rotatable bonds is 6. The minimum Gasteiger partial charge on any atom is -0.495 e. The number of nitrogens with zero attached hydrogens (tertiary/aromatic N) is 7. The van der Waals surface area contributed by atoms with Gasteiger partial charge in [0.1, 0.15) is 17.2 Å². The van der Waals surface area contributed by atoms with Gasteiger partial charge in [0.2, 0.25) is 5.95 Å². The number of piperazine rings is 1. The van der Waals surface area contributed by atoms with Crippen LogP contribution in [0.4, 0.5) is 17.5 Å². The molecular weight excluding hydrogens is 506 g/mol. The number of halogens is 1. The Morgan fingerprint density at radius 2 is 1.76 bits per heavy atom. The number of imidazole rings is 1. The number of methoxy groups -OCH3 is 1.